The summed E-state index contributed by atoms with van der Waals surface area (Å²) in [5.41, 5.74) is 2.24. The molecule has 0 saturated heterocycles. The summed E-state index contributed by atoms with van der Waals surface area (Å²) in [4.78, 5) is 19.0. The molecule has 1 heterocycles. The van der Waals surface area contributed by atoms with Gasteiger partial charge in [-0.3, -0.25) is 4.79 Å². The smallest absolute Gasteiger partial charge is 0.188 e. The molecular formula is C13H16N2O2. The molecule has 0 fully saturated rings. The molecule has 0 atom stereocenters. The number of unbranched alkanes of at least 4 members (excludes halogenated alkanes) is 1. The lowest BCUT2D eigenvalue weighted by atomic mass is 10.1. The van der Waals surface area contributed by atoms with Crippen LogP contribution in [-0.4, -0.2) is 27.5 Å². The van der Waals surface area contributed by atoms with E-state index < -0.39 is 6.61 Å². The quantitative estimate of drug-likeness (QED) is 0.776. The van der Waals surface area contributed by atoms with Gasteiger partial charge in [-0.25, -0.2) is 4.98 Å². The Hall–Kier alpha value is -1.68. The number of fused-ring (bicyclic) bond motifs is 1. The molecule has 4 nitrogen and oxygen atoms in total. The molecule has 90 valence electrons. The number of imidazole rings is 1. The molecule has 0 aliphatic carbocycles. The minimum Gasteiger partial charge on any atom is -0.388 e. The van der Waals surface area contributed by atoms with Gasteiger partial charge in [-0.15, -0.1) is 0 Å². The van der Waals surface area contributed by atoms with E-state index in [1.807, 2.05) is 6.07 Å². The number of rotatable bonds is 5. The molecule has 4 heteroatoms. The Morgan fingerprint density at radius 3 is 3.00 bits per heavy atom. The maximum atomic E-state index is 11.4. The highest BCUT2D eigenvalue weighted by Gasteiger charge is 2.07. The summed E-state index contributed by atoms with van der Waals surface area (Å²) in [7, 11) is 0. The van der Waals surface area contributed by atoms with Gasteiger partial charge in [0.1, 0.15) is 12.4 Å². The zero-order valence-corrected chi connectivity index (χ0v) is 9.86. The van der Waals surface area contributed by atoms with Crippen LogP contribution in [0.25, 0.3) is 11.0 Å². The Labute approximate surface area is 99.7 Å². The molecule has 0 aliphatic rings. The molecule has 0 radical (unpaired) electrons. The number of carbonyl (C=O) groups excluding carboxylic acids is 1. The van der Waals surface area contributed by atoms with Crippen LogP contribution in [0.15, 0.2) is 18.2 Å². The highest BCUT2D eigenvalue weighted by atomic mass is 16.3. The van der Waals surface area contributed by atoms with E-state index in [-0.39, 0.29) is 5.78 Å². The van der Waals surface area contributed by atoms with Gasteiger partial charge in [0, 0.05) is 12.0 Å². The molecule has 0 aliphatic heterocycles. The summed E-state index contributed by atoms with van der Waals surface area (Å²) in [5.74, 6) is 0.687. The van der Waals surface area contributed by atoms with Crippen molar-refractivity contribution in [3.8, 4) is 0 Å². The van der Waals surface area contributed by atoms with Crippen molar-refractivity contribution >= 4 is 16.8 Å². The third-order valence-corrected chi connectivity index (χ3v) is 2.76. The number of ketones is 1. The average Bonchev–Trinajstić information content (AvgIpc) is 2.76. The van der Waals surface area contributed by atoms with Crippen LogP contribution in [0, 0.1) is 0 Å². The van der Waals surface area contributed by atoms with Gasteiger partial charge in [-0.2, -0.15) is 0 Å². The molecule has 2 rings (SSSR count). The first-order valence-electron chi connectivity index (χ1n) is 5.87. The molecular weight excluding hydrogens is 216 g/mol. The van der Waals surface area contributed by atoms with Crippen molar-refractivity contribution < 1.29 is 9.90 Å². The molecule has 2 aromatic rings. The molecule has 17 heavy (non-hydrogen) atoms. The van der Waals surface area contributed by atoms with Crippen LogP contribution in [0.4, 0.5) is 0 Å². The normalized spacial score (nSPS) is 10.9. The first kappa shape index (κ1) is 11.8. The monoisotopic (exact) mass is 232 g/mol. The fraction of sp³-hybridized carbons (Fsp3) is 0.385. The van der Waals surface area contributed by atoms with Gasteiger partial charge in [0.25, 0.3) is 0 Å². The first-order chi connectivity index (χ1) is 8.24. The minimum absolute atomic E-state index is 0.267. The predicted octanol–water partition coefficient (Wildman–Crippen LogP) is 2.08. The van der Waals surface area contributed by atoms with Crippen molar-refractivity contribution in [1.29, 1.82) is 0 Å². The number of nitrogens with zero attached hydrogens (tertiary/aromatic N) is 1. The van der Waals surface area contributed by atoms with E-state index in [4.69, 9.17) is 5.11 Å². The molecule has 0 amide bonds. The van der Waals surface area contributed by atoms with Gasteiger partial charge in [-0.1, -0.05) is 13.3 Å². The summed E-state index contributed by atoms with van der Waals surface area (Å²) in [6.07, 6.45) is 3.15. The van der Waals surface area contributed by atoms with Crippen molar-refractivity contribution in [2.45, 2.75) is 26.2 Å². The second kappa shape index (κ2) is 5.10. The number of hydrogen-bond acceptors (Lipinski definition) is 3. The zero-order valence-electron chi connectivity index (χ0n) is 9.86. The van der Waals surface area contributed by atoms with Crippen LogP contribution in [0.2, 0.25) is 0 Å². The first-order valence-corrected chi connectivity index (χ1v) is 5.87. The molecule has 2 N–H and O–H groups in total. The van der Waals surface area contributed by atoms with Gasteiger partial charge in [0.05, 0.1) is 11.0 Å². The third-order valence-electron chi connectivity index (χ3n) is 2.76. The largest absolute Gasteiger partial charge is 0.388 e. The Kier molecular flexibility index (Phi) is 3.54. The lowest BCUT2D eigenvalue weighted by Gasteiger charge is -1.96. The van der Waals surface area contributed by atoms with E-state index in [0.29, 0.717) is 5.56 Å². The van der Waals surface area contributed by atoms with Crippen LogP contribution in [0.3, 0.4) is 0 Å². The lowest BCUT2D eigenvalue weighted by Crippen LogP contribution is -2.03. The Bertz CT molecular complexity index is 531. The SMILES string of the molecule is CCCCc1nc2ccc(C(=O)CO)cc2[nH]1. The zero-order chi connectivity index (χ0) is 12.3. The highest BCUT2D eigenvalue weighted by molar-refractivity contribution is 5.99. The Morgan fingerprint density at radius 2 is 2.29 bits per heavy atom. The summed E-state index contributed by atoms with van der Waals surface area (Å²) < 4.78 is 0. The summed E-state index contributed by atoms with van der Waals surface area (Å²) >= 11 is 0. The fourth-order valence-corrected chi connectivity index (χ4v) is 1.79. The number of aromatic amines is 1. The van der Waals surface area contributed by atoms with E-state index in [1.165, 1.54) is 0 Å². The van der Waals surface area contributed by atoms with Crippen LogP contribution in [0.1, 0.15) is 35.9 Å². The molecule has 1 aromatic carbocycles. The fourth-order valence-electron chi connectivity index (χ4n) is 1.79. The minimum atomic E-state index is -0.456. The number of carbonyl (C=O) groups is 1. The van der Waals surface area contributed by atoms with Crippen LogP contribution < -0.4 is 0 Å². The number of hydrogen-bond donors (Lipinski definition) is 2. The number of nitrogens with one attached hydrogen (secondary N) is 1. The second-order valence-electron chi connectivity index (χ2n) is 4.10. The molecule has 0 bridgehead atoms. The van der Waals surface area contributed by atoms with Gasteiger partial charge >= 0.3 is 0 Å². The number of aromatic nitrogens is 2. The van der Waals surface area contributed by atoms with Crippen molar-refractivity contribution in [2.24, 2.45) is 0 Å². The van der Waals surface area contributed by atoms with Crippen LogP contribution >= 0.6 is 0 Å². The van der Waals surface area contributed by atoms with Crippen molar-refractivity contribution in [3.05, 3.63) is 29.6 Å². The van der Waals surface area contributed by atoms with E-state index in [2.05, 4.69) is 16.9 Å². The Morgan fingerprint density at radius 1 is 1.47 bits per heavy atom. The van der Waals surface area contributed by atoms with Crippen LogP contribution in [-0.2, 0) is 6.42 Å². The van der Waals surface area contributed by atoms with Gasteiger partial charge < -0.3 is 10.1 Å². The van der Waals surface area contributed by atoms with E-state index in [9.17, 15) is 4.79 Å². The second-order valence-corrected chi connectivity index (χ2v) is 4.10. The number of H-pyrrole nitrogens is 1. The van der Waals surface area contributed by atoms with E-state index in [0.717, 1.165) is 36.1 Å². The topological polar surface area (TPSA) is 66.0 Å². The summed E-state index contributed by atoms with van der Waals surface area (Å²) in [6, 6.07) is 5.26. The van der Waals surface area contributed by atoms with Gasteiger partial charge in [0.2, 0.25) is 0 Å². The van der Waals surface area contributed by atoms with E-state index >= 15 is 0 Å². The highest BCUT2D eigenvalue weighted by Crippen LogP contribution is 2.15. The summed E-state index contributed by atoms with van der Waals surface area (Å²) in [6.45, 7) is 1.68. The van der Waals surface area contributed by atoms with E-state index in [1.54, 1.807) is 12.1 Å². The molecule has 0 unspecified atom stereocenters. The molecule has 0 saturated carbocycles. The number of benzene rings is 1. The molecule has 1 aromatic heterocycles. The number of aryl methyl sites for hydroxylation is 1. The predicted molar refractivity (Wildman–Crippen MR) is 66.1 cm³/mol. The maximum absolute atomic E-state index is 11.4. The average molecular weight is 232 g/mol. The number of aliphatic hydroxyl groups excluding tert-OH is 1. The van der Waals surface area contributed by atoms with Crippen molar-refractivity contribution in [1.82, 2.24) is 9.97 Å². The lowest BCUT2D eigenvalue weighted by molar-refractivity contribution is 0.0904. The number of aliphatic hydroxyl groups is 1. The van der Waals surface area contributed by atoms with Crippen molar-refractivity contribution in [2.75, 3.05) is 6.61 Å². The van der Waals surface area contributed by atoms with Crippen molar-refractivity contribution in [3.63, 3.8) is 0 Å². The van der Waals surface area contributed by atoms with Crippen LogP contribution in [0.5, 0.6) is 0 Å². The Balaban J connectivity index is 2.31. The summed E-state index contributed by atoms with van der Waals surface area (Å²) in [5, 5.41) is 8.81. The number of Topliss-reactive ketones (excluding diaryl/α,β-unsaturated/α-hetero) is 1. The maximum Gasteiger partial charge on any atom is 0.188 e. The third kappa shape index (κ3) is 2.53. The van der Waals surface area contributed by atoms with Gasteiger partial charge in [0.15, 0.2) is 5.78 Å². The standard InChI is InChI=1S/C13H16N2O2/c1-2-3-4-13-14-10-6-5-9(12(17)8-16)7-11(10)15-13/h5-7,16H,2-4,8H2,1H3,(H,14,15). The van der Waals surface area contributed by atoms with Gasteiger partial charge in [-0.05, 0) is 24.6 Å². The molecule has 0 spiro atoms.